The molecule has 0 unspecified atom stereocenters. The summed E-state index contributed by atoms with van der Waals surface area (Å²) in [5, 5.41) is 0. The summed E-state index contributed by atoms with van der Waals surface area (Å²) in [6.45, 7) is 2.04. The van der Waals surface area contributed by atoms with Crippen molar-refractivity contribution in [1.29, 1.82) is 0 Å². The smallest absolute Gasteiger partial charge is 0.0121 e. The Morgan fingerprint density at radius 2 is 1.90 bits per heavy atom. The van der Waals surface area contributed by atoms with Crippen LogP contribution in [0, 0.1) is 6.42 Å². The van der Waals surface area contributed by atoms with Gasteiger partial charge in [-0.25, -0.2) is 0 Å². The molecule has 1 rings (SSSR count). The largest absolute Gasteiger partial charge is 1.00 e. The molecule has 51 valence electrons. The summed E-state index contributed by atoms with van der Waals surface area (Å²) in [6.07, 6.45) is 12.3. The Labute approximate surface area is 92.2 Å². The molecule has 0 amide bonds. The second-order valence-electron chi connectivity index (χ2n) is 1.70. The van der Waals surface area contributed by atoms with Crippen LogP contribution in [0.4, 0.5) is 0 Å². The van der Waals surface area contributed by atoms with Crippen LogP contribution in [0.25, 0.3) is 0 Å². The van der Waals surface area contributed by atoms with E-state index in [4.69, 9.17) is 0 Å². The Balaban J connectivity index is 0. The second kappa shape index (κ2) is 7.68. The summed E-state index contributed by atoms with van der Waals surface area (Å²) >= 11 is 0. The Bertz CT molecular complexity index is 157. The number of hydrogen-bond acceptors (Lipinski definition) is 0. The molecular formula is C8H9IZn-. The standard InChI is InChI=1S/C8H9.HI.Zn/c1-2-8-6-4-3-5-7-8;;/h2-7H,1H3;1H;/p-1. The van der Waals surface area contributed by atoms with Gasteiger partial charge in [0.15, 0.2) is 0 Å². The fourth-order valence-electron chi connectivity index (χ4n) is 0.645. The topological polar surface area (TPSA) is 0 Å². The predicted octanol–water partition coefficient (Wildman–Crippen LogP) is -0.736. The van der Waals surface area contributed by atoms with Crippen LogP contribution in [-0.2, 0) is 19.5 Å². The monoisotopic (exact) mass is 296 g/mol. The molecule has 0 aromatic rings. The van der Waals surface area contributed by atoms with Gasteiger partial charge < -0.3 is 24.0 Å². The maximum atomic E-state index is 2.08. The maximum absolute atomic E-state index is 2.08. The third kappa shape index (κ3) is 4.40. The Morgan fingerprint density at radius 3 is 2.20 bits per heavy atom. The average Bonchev–Trinajstić information content (AvgIpc) is 1.90. The van der Waals surface area contributed by atoms with Gasteiger partial charge in [-0.3, -0.25) is 0 Å². The predicted molar refractivity (Wildman–Crippen MR) is 36.3 cm³/mol. The summed E-state index contributed by atoms with van der Waals surface area (Å²) in [7, 11) is 0. The van der Waals surface area contributed by atoms with E-state index in [1.807, 2.05) is 25.2 Å². The van der Waals surface area contributed by atoms with Crippen LogP contribution < -0.4 is 24.0 Å². The molecule has 0 saturated carbocycles. The SMILES string of the molecule is CC=C1[CH]C=CC=C1.[I-].[Zn]. The first-order valence-electron chi connectivity index (χ1n) is 2.78. The average molecular weight is 297 g/mol. The first-order chi connectivity index (χ1) is 3.93. The summed E-state index contributed by atoms with van der Waals surface area (Å²) < 4.78 is 0. The van der Waals surface area contributed by atoms with E-state index in [2.05, 4.69) is 18.6 Å². The zero-order valence-corrected chi connectivity index (χ0v) is 11.2. The minimum atomic E-state index is 0. The molecule has 2 heteroatoms. The van der Waals surface area contributed by atoms with E-state index in [0.717, 1.165) is 0 Å². The fourth-order valence-corrected chi connectivity index (χ4v) is 0.645. The molecule has 1 radical (unpaired) electrons. The van der Waals surface area contributed by atoms with Crippen molar-refractivity contribution in [2.45, 2.75) is 6.92 Å². The maximum Gasteiger partial charge on any atom is 0.0121 e. The van der Waals surface area contributed by atoms with Crippen molar-refractivity contribution in [1.82, 2.24) is 0 Å². The molecule has 0 saturated heterocycles. The minimum Gasteiger partial charge on any atom is -1.00 e. The molecule has 1 aliphatic rings. The van der Waals surface area contributed by atoms with Gasteiger partial charge in [-0.1, -0.05) is 30.4 Å². The Kier molecular flexibility index (Phi) is 10.1. The van der Waals surface area contributed by atoms with Gasteiger partial charge in [-0.2, -0.15) is 0 Å². The Morgan fingerprint density at radius 1 is 1.20 bits per heavy atom. The van der Waals surface area contributed by atoms with E-state index < -0.39 is 0 Å². The van der Waals surface area contributed by atoms with E-state index >= 15 is 0 Å². The van der Waals surface area contributed by atoms with Gasteiger partial charge in [0.2, 0.25) is 0 Å². The molecule has 10 heavy (non-hydrogen) atoms. The zero-order chi connectivity index (χ0) is 5.82. The number of rotatable bonds is 0. The third-order valence-corrected chi connectivity index (χ3v) is 1.13. The van der Waals surface area contributed by atoms with Crippen molar-refractivity contribution in [2.24, 2.45) is 0 Å². The van der Waals surface area contributed by atoms with Crippen LogP contribution in [0.5, 0.6) is 0 Å². The van der Waals surface area contributed by atoms with E-state index in [0.29, 0.717) is 0 Å². The number of halogens is 1. The minimum absolute atomic E-state index is 0. The van der Waals surface area contributed by atoms with Crippen molar-refractivity contribution in [2.75, 3.05) is 0 Å². The molecule has 1 aliphatic carbocycles. The van der Waals surface area contributed by atoms with E-state index in [-0.39, 0.29) is 43.5 Å². The van der Waals surface area contributed by atoms with Crippen molar-refractivity contribution in [3.8, 4) is 0 Å². The normalized spacial score (nSPS) is 17.9. The van der Waals surface area contributed by atoms with E-state index in [1.165, 1.54) is 5.57 Å². The molecule has 0 fully saturated rings. The van der Waals surface area contributed by atoms with E-state index in [1.54, 1.807) is 0 Å². The van der Waals surface area contributed by atoms with E-state index in [9.17, 15) is 0 Å². The molecule has 0 aliphatic heterocycles. The number of hydrogen-bond donors (Lipinski definition) is 0. The van der Waals surface area contributed by atoms with Gasteiger partial charge in [0.1, 0.15) is 0 Å². The fraction of sp³-hybridized carbons (Fsp3) is 0.125. The van der Waals surface area contributed by atoms with Gasteiger partial charge in [0.25, 0.3) is 0 Å². The van der Waals surface area contributed by atoms with Gasteiger partial charge in [0, 0.05) is 25.9 Å². The molecular weight excluding hydrogens is 288 g/mol. The summed E-state index contributed by atoms with van der Waals surface area (Å²) in [5.74, 6) is 0. The molecule has 0 aromatic heterocycles. The van der Waals surface area contributed by atoms with Gasteiger partial charge in [0.05, 0.1) is 0 Å². The van der Waals surface area contributed by atoms with Crippen molar-refractivity contribution >= 4 is 0 Å². The summed E-state index contributed by atoms with van der Waals surface area (Å²) in [6, 6.07) is 0. The van der Waals surface area contributed by atoms with Crippen LogP contribution in [-0.4, -0.2) is 0 Å². The summed E-state index contributed by atoms with van der Waals surface area (Å²) in [5.41, 5.74) is 1.28. The third-order valence-electron chi connectivity index (χ3n) is 1.13. The summed E-state index contributed by atoms with van der Waals surface area (Å²) in [4.78, 5) is 0. The molecule has 0 nitrogen and oxygen atoms in total. The molecule has 0 aromatic carbocycles. The first kappa shape index (κ1) is 13.2. The Hall–Kier alpha value is 0.573. The van der Waals surface area contributed by atoms with Crippen molar-refractivity contribution in [3.05, 3.63) is 42.4 Å². The van der Waals surface area contributed by atoms with Crippen molar-refractivity contribution < 1.29 is 43.5 Å². The van der Waals surface area contributed by atoms with Crippen LogP contribution in [0.1, 0.15) is 6.92 Å². The van der Waals surface area contributed by atoms with Crippen LogP contribution in [0.3, 0.4) is 0 Å². The van der Waals surface area contributed by atoms with Crippen LogP contribution in [0.2, 0.25) is 0 Å². The van der Waals surface area contributed by atoms with Crippen LogP contribution in [0.15, 0.2) is 36.0 Å². The van der Waals surface area contributed by atoms with Gasteiger partial charge in [-0.15, -0.1) is 0 Å². The zero-order valence-electron chi connectivity index (χ0n) is 6.05. The molecule has 0 N–H and O–H groups in total. The molecule has 0 spiro atoms. The van der Waals surface area contributed by atoms with Crippen LogP contribution >= 0.6 is 0 Å². The second-order valence-corrected chi connectivity index (χ2v) is 1.70. The quantitative estimate of drug-likeness (QED) is 0.408. The molecule has 0 bridgehead atoms. The number of allylic oxidation sites excluding steroid dienone is 6. The first-order valence-corrected chi connectivity index (χ1v) is 2.78. The van der Waals surface area contributed by atoms with Gasteiger partial charge in [-0.05, 0) is 12.5 Å². The van der Waals surface area contributed by atoms with Crippen molar-refractivity contribution in [3.63, 3.8) is 0 Å². The molecule has 0 heterocycles. The molecule has 0 atom stereocenters. The van der Waals surface area contributed by atoms with Gasteiger partial charge >= 0.3 is 0 Å².